The number of aromatic nitrogens is 1. The second-order valence-electron chi connectivity index (χ2n) is 3.13. The van der Waals surface area contributed by atoms with Gasteiger partial charge in [-0.25, -0.2) is 9.37 Å². The van der Waals surface area contributed by atoms with E-state index >= 15 is 0 Å². The van der Waals surface area contributed by atoms with Crippen molar-refractivity contribution >= 4 is 11.3 Å². The van der Waals surface area contributed by atoms with Crippen LogP contribution in [0, 0.1) is 12.7 Å². The van der Waals surface area contributed by atoms with Gasteiger partial charge in [0.25, 0.3) is 0 Å². The Morgan fingerprint density at radius 2 is 2.33 bits per heavy atom. The van der Waals surface area contributed by atoms with E-state index in [0.717, 1.165) is 5.01 Å². The zero-order valence-corrected chi connectivity index (χ0v) is 9.05. The number of rotatable bonds is 3. The van der Waals surface area contributed by atoms with Gasteiger partial charge in [-0.2, -0.15) is 0 Å². The van der Waals surface area contributed by atoms with Crippen LogP contribution in [-0.4, -0.2) is 4.98 Å². The van der Waals surface area contributed by atoms with Gasteiger partial charge in [-0.1, -0.05) is 6.07 Å². The van der Waals surface area contributed by atoms with Gasteiger partial charge in [-0.3, -0.25) is 0 Å². The molecule has 0 amide bonds. The van der Waals surface area contributed by atoms with Gasteiger partial charge in [0.05, 0.1) is 0 Å². The molecule has 2 nitrogen and oxygen atoms in total. The van der Waals surface area contributed by atoms with Crippen LogP contribution in [0.15, 0.2) is 29.8 Å². The normalized spacial score (nSPS) is 10.3. The number of thiazole rings is 1. The fourth-order valence-electron chi connectivity index (χ4n) is 1.13. The monoisotopic (exact) mass is 223 g/mol. The topological polar surface area (TPSA) is 22.1 Å². The van der Waals surface area contributed by atoms with Crippen molar-refractivity contribution in [2.24, 2.45) is 0 Å². The summed E-state index contributed by atoms with van der Waals surface area (Å²) in [6.07, 6.45) is 1.72. The molecule has 2 aromatic rings. The molecular formula is C11H10FNOS. The van der Waals surface area contributed by atoms with E-state index in [1.807, 2.05) is 5.38 Å². The summed E-state index contributed by atoms with van der Waals surface area (Å²) < 4.78 is 18.5. The number of hydrogen-bond acceptors (Lipinski definition) is 3. The zero-order chi connectivity index (χ0) is 10.7. The first-order valence-corrected chi connectivity index (χ1v) is 5.41. The first kappa shape index (κ1) is 10.1. The van der Waals surface area contributed by atoms with Crippen LogP contribution in [0.25, 0.3) is 0 Å². The minimum Gasteiger partial charge on any atom is -0.486 e. The van der Waals surface area contributed by atoms with Crippen molar-refractivity contribution < 1.29 is 9.13 Å². The third-order valence-electron chi connectivity index (χ3n) is 1.99. The number of benzene rings is 1. The van der Waals surface area contributed by atoms with Crippen molar-refractivity contribution in [3.63, 3.8) is 0 Å². The molecule has 1 aromatic carbocycles. The Morgan fingerprint density at radius 3 is 3.00 bits per heavy atom. The van der Waals surface area contributed by atoms with Gasteiger partial charge >= 0.3 is 0 Å². The van der Waals surface area contributed by atoms with Crippen LogP contribution in [-0.2, 0) is 6.61 Å². The summed E-state index contributed by atoms with van der Waals surface area (Å²) in [7, 11) is 0. The molecule has 0 bridgehead atoms. The van der Waals surface area contributed by atoms with Gasteiger partial charge in [-0.05, 0) is 18.6 Å². The average molecular weight is 223 g/mol. The molecule has 2 rings (SSSR count). The van der Waals surface area contributed by atoms with E-state index < -0.39 is 0 Å². The van der Waals surface area contributed by atoms with Gasteiger partial charge in [0.1, 0.15) is 23.2 Å². The molecule has 0 saturated heterocycles. The predicted octanol–water partition coefficient (Wildman–Crippen LogP) is 3.17. The molecule has 0 atom stereocenters. The van der Waals surface area contributed by atoms with Crippen molar-refractivity contribution in [3.05, 3.63) is 46.2 Å². The molecule has 0 fully saturated rings. The molecule has 1 heterocycles. The SMILES string of the molecule is Cc1ccc(OCc2nccs2)cc1F. The summed E-state index contributed by atoms with van der Waals surface area (Å²) in [5.41, 5.74) is 0.622. The Balaban J connectivity index is 2.02. The molecule has 0 aliphatic rings. The van der Waals surface area contributed by atoms with Crippen LogP contribution < -0.4 is 4.74 Å². The predicted molar refractivity (Wildman–Crippen MR) is 57.6 cm³/mol. The van der Waals surface area contributed by atoms with Gasteiger partial charge in [0, 0.05) is 17.6 Å². The number of hydrogen-bond donors (Lipinski definition) is 0. The molecule has 15 heavy (non-hydrogen) atoms. The lowest BCUT2D eigenvalue weighted by Gasteiger charge is -2.04. The molecule has 78 valence electrons. The van der Waals surface area contributed by atoms with Crippen molar-refractivity contribution in [1.29, 1.82) is 0 Å². The zero-order valence-electron chi connectivity index (χ0n) is 8.24. The highest BCUT2D eigenvalue weighted by Gasteiger charge is 2.01. The maximum atomic E-state index is 13.2. The highest BCUT2D eigenvalue weighted by molar-refractivity contribution is 7.09. The standard InChI is InChI=1S/C11H10FNOS/c1-8-2-3-9(6-10(8)12)14-7-11-13-4-5-15-11/h2-6H,7H2,1H3. The second kappa shape index (κ2) is 4.40. The van der Waals surface area contributed by atoms with E-state index in [9.17, 15) is 4.39 Å². The smallest absolute Gasteiger partial charge is 0.140 e. The largest absolute Gasteiger partial charge is 0.486 e. The molecule has 0 radical (unpaired) electrons. The maximum Gasteiger partial charge on any atom is 0.140 e. The highest BCUT2D eigenvalue weighted by atomic mass is 32.1. The first-order chi connectivity index (χ1) is 7.25. The molecule has 0 unspecified atom stereocenters. The molecule has 0 N–H and O–H groups in total. The summed E-state index contributed by atoms with van der Waals surface area (Å²) in [6, 6.07) is 4.85. The first-order valence-electron chi connectivity index (χ1n) is 4.53. The molecular weight excluding hydrogens is 213 g/mol. The number of nitrogens with zero attached hydrogens (tertiary/aromatic N) is 1. The molecule has 0 saturated carbocycles. The van der Waals surface area contributed by atoms with Crippen LogP contribution in [0.4, 0.5) is 4.39 Å². The van der Waals surface area contributed by atoms with Gasteiger partial charge < -0.3 is 4.74 Å². The van der Waals surface area contributed by atoms with E-state index in [1.54, 1.807) is 25.3 Å². The third-order valence-corrected chi connectivity index (χ3v) is 2.74. The summed E-state index contributed by atoms with van der Waals surface area (Å²) in [6.45, 7) is 2.11. The van der Waals surface area contributed by atoms with Gasteiger partial charge in [0.15, 0.2) is 0 Å². The van der Waals surface area contributed by atoms with E-state index in [-0.39, 0.29) is 5.82 Å². The van der Waals surface area contributed by atoms with Crippen LogP contribution in [0.2, 0.25) is 0 Å². The van der Waals surface area contributed by atoms with Crippen LogP contribution in [0.5, 0.6) is 5.75 Å². The lowest BCUT2D eigenvalue weighted by Crippen LogP contribution is -1.95. The van der Waals surface area contributed by atoms with Crippen LogP contribution >= 0.6 is 11.3 Å². The van der Waals surface area contributed by atoms with E-state index in [4.69, 9.17) is 4.74 Å². The lowest BCUT2D eigenvalue weighted by atomic mass is 10.2. The van der Waals surface area contributed by atoms with Crippen molar-refractivity contribution in [1.82, 2.24) is 4.98 Å². The fourth-order valence-corrected chi connectivity index (χ4v) is 1.66. The highest BCUT2D eigenvalue weighted by Crippen LogP contribution is 2.17. The third kappa shape index (κ3) is 2.53. The van der Waals surface area contributed by atoms with Gasteiger partial charge in [0.2, 0.25) is 0 Å². The minimum atomic E-state index is -0.244. The lowest BCUT2D eigenvalue weighted by molar-refractivity contribution is 0.304. The Bertz CT molecular complexity index is 442. The van der Waals surface area contributed by atoms with E-state index in [0.29, 0.717) is 17.9 Å². The van der Waals surface area contributed by atoms with Gasteiger partial charge in [-0.15, -0.1) is 11.3 Å². The van der Waals surface area contributed by atoms with Crippen LogP contribution in [0.1, 0.15) is 10.6 Å². The summed E-state index contributed by atoms with van der Waals surface area (Å²) >= 11 is 1.52. The number of ether oxygens (including phenoxy) is 1. The Morgan fingerprint density at radius 1 is 1.47 bits per heavy atom. The molecule has 0 spiro atoms. The van der Waals surface area contributed by atoms with Crippen molar-refractivity contribution in [3.8, 4) is 5.75 Å². The summed E-state index contributed by atoms with van der Waals surface area (Å²) in [4.78, 5) is 4.07. The Kier molecular flexibility index (Phi) is 2.97. The maximum absolute atomic E-state index is 13.2. The van der Waals surface area contributed by atoms with E-state index in [1.165, 1.54) is 17.4 Å². The quantitative estimate of drug-likeness (QED) is 0.797. The molecule has 0 aliphatic carbocycles. The summed E-state index contributed by atoms with van der Waals surface area (Å²) in [5, 5.41) is 2.77. The Labute approximate surface area is 91.4 Å². The molecule has 1 aromatic heterocycles. The minimum absolute atomic E-state index is 0.244. The fraction of sp³-hybridized carbons (Fsp3) is 0.182. The molecule has 4 heteroatoms. The molecule has 0 aliphatic heterocycles. The number of halogens is 1. The van der Waals surface area contributed by atoms with Crippen molar-refractivity contribution in [2.75, 3.05) is 0 Å². The van der Waals surface area contributed by atoms with Crippen molar-refractivity contribution in [2.45, 2.75) is 13.5 Å². The second-order valence-corrected chi connectivity index (χ2v) is 4.10. The van der Waals surface area contributed by atoms with E-state index in [2.05, 4.69) is 4.98 Å². The average Bonchev–Trinajstić information content (AvgIpc) is 2.73. The summed E-state index contributed by atoms with van der Waals surface area (Å²) in [5.74, 6) is 0.292. The Hall–Kier alpha value is -1.42. The van der Waals surface area contributed by atoms with Crippen LogP contribution in [0.3, 0.4) is 0 Å². The number of aryl methyl sites for hydroxylation is 1.